The van der Waals surface area contributed by atoms with E-state index in [1.165, 1.54) is 23.4 Å². The number of halogens is 1. The molecule has 0 saturated heterocycles. The molecule has 0 saturated carbocycles. The summed E-state index contributed by atoms with van der Waals surface area (Å²) in [5.74, 6) is 1.23. The highest BCUT2D eigenvalue weighted by molar-refractivity contribution is 7.99. The van der Waals surface area contributed by atoms with Gasteiger partial charge >= 0.3 is 0 Å². The molecule has 1 heterocycles. The lowest BCUT2D eigenvalue weighted by Crippen LogP contribution is -2.15. The van der Waals surface area contributed by atoms with Crippen molar-refractivity contribution in [2.75, 3.05) is 18.2 Å². The van der Waals surface area contributed by atoms with E-state index in [0.717, 1.165) is 48.5 Å². The number of benzene rings is 2. The van der Waals surface area contributed by atoms with Gasteiger partial charge < -0.3 is 14.6 Å². The molecule has 1 amide bonds. The smallest absolute Gasteiger partial charge is 0.234 e. The van der Waals surface area contributed by atoms with Gasteiger partial charge in [-0.25, -0.2) is 4.39 Å². The number of anilines is 1. The molecule has 0 aliphatic rings. The second-order valence-corrected chi connectivity index (χ2v) is 8.56. The summed E-state index contributed by atoms with van der Waals surface area (Å²) in [7, 11) is 1.68. The number of ether oxygens (including phenoxy) is 1. The molecule has 0 fully saturated rings. The zero-order valence-electron chi connectivity index (χ0n) is 18.9. The molecule has 32 heavy (non-hydrogen) atoms. The van der Waals surface area contributed by atoms with Gasteiger partial charge in [0, 0.05) is 13.0 Å². The van der Waals surface area contributed by atoms with Crippen molar-refractivity contribution >= 4 is 23.4 Å². The molecule has 0 aliphatic carbocycles. The minimum absolute atomic E-state index is 0.135. The number of rotatable bonds is 10. The van der Waals surface area contributed by atoms with Crippen molar-refractivity contribution in [1.29, 1.82) is 0 Å². The highest BCUT2D eigenvalue weighted by Gasteiger charge is 2.14. The third-order valence-electron chi connectivity index (χ3n) is 5.17. The van der Waals surface area contributed by atoms with Gasteiger partial charge in [-0.05, 0) is 68.5 Å². The largest absolute Gasteiger partial charge is 0.496 e. The number of aromatic nitrogens is 3. The minimum atomic E-state index is -0.436. The zero-order valence-corrected chi connectivity index (χ0v) is 19.8. The van der Waals surface area contributed by atoms with Crippen LogP contribution in [-0.2, 0) is 24.2 Å². The van der Waals surface area contributed by atoms with E-state index in [2.05, 4.69) is 27.6 Å². The average Bonchev–Trinajstić information content (AvgIpc) is 3.16. The first-order valence-electron chi connectivity index (χ1n) is 10.7. The number of nitrogens with one attached hydrogen (secondary N) is 1. The monoisotopic (exact) mass is 456 g/mol. The van der Waals surface area contributed by atoms with Crippen molar-refractivity contribution in [3.63, 3.8) is 0 Å². The summed E-state index contributed by atoms with van der Waals surface area (Å²) in [6.45, 7) is 6.60. The predicted molar refractivity (Wildman–Crippen MR) is 126 cm³/mol. The highest BCUT2D eigenvalue weighted by Crippen LogP contribution is 2.22. The molecule has 0 radical (unpaired) electrons. The highest BCUT2D eigenvalue weighted by atomic mass is 32.2. The fraction of sp³-hybridized carbons (Fsp3) is 0.375. The maximum absolute atomic E-state index is 13.9. The van der Waals surface area contributed by atoms with Crippen LogP contribution in [0.3, 0.4) is 0 Å². The molecule has 0 spiro atoms. The Morgan fingerprint density at radius 2 is 1.97 bits per heavy atom. The Morgan fingerprint density at radius 1 is 1.16 bits per heavy atom. The van der Waals surface area contributed by atoms with E-state index < -0.39 is 5.82 Å². The van der Waals surface area contributed by atoms with Crippen LogP contribution in [0.25, 0.3) is 0 Å². The maximum atomic E-state index is 13.9. The van der Waals surface area contributed by atoms with Gasteiger partial charge in [-0.2, -0.15) is 0 Å². The summed E-state index contributed by atoms with van der Waals surface area (Å²) in [5, 5.41) is 11.9. The van der Waals surface area contributed by atoms with E-state index in [-0.39, 0.29) is 17.3 Å². The zero-order chi connectivity index (χ0) is 23.1. The van der Waals surface area contributed by atoms with E-state index in [9.17, 15) is 9.18 Å². The van der Waals surface area contributed by atoms with Crippen molar-refractivity contribution in [1.82, 2.24) is 14.8 Å². The summed E-state index contributed by atoms with van der Waals surface area (Å²) in [6, 6.07) is 11.0. The van der Waals surface area contributed by atoms with Crippen LogP contribution in [-0.4, -0.2) is 33.5 Å². The number of aryl methyl sites for hydroxylation is 4. The number of hydrogen-bond acceptors (Lipinski definition) is 5. The van der Waals surface area contributed by atoms with Gasteiger partial charge in [-0.1, -0.05) is 30.0 Å². The molecular weight excluding hydrogens is 427 g/mol. The van der Waals surface area contributed by atoms with Crippen LogP contribution in [0, 0.1) is 19.7 Å². The molecule has 1 N–H and O–H groups in total. The first kappa shape index (κ1) is 23.8. The number of nitrogens with zero attached hydrogens (tertiary/aromatic N) is 3. The first-order valence-corrected chi connectivity index (χ1v) is 11.6. The lowest BCUT2D eigenvalue weighted by molar-refractivity contribution is -0.113. The quantitative estimate of drug-likeness (QED) is 0.436. The molecule has 1 aromatic heterocycles. The van der Waals surface area contributed by atoms with E-state index in [1.54, 1.807) is 26.2 Å². The fourth-order valence-electron chi connectivity index (χ4n) is 3.51. The summed E-state index contributed by atoms with van der Waals surface area (Å²) < 4.78 is 21.3. The van der Waals surface area contributed by atoms with E-state index in [1.807, 2.05) is 24.5 Å². The third kappa shape index (κ3) is 6.09. The number of amides is 1. The van der Waals surface area contributed by atoms with Gasteiger partial charge in [-0.15, -0.1) is 10.2 Å². The van der Waals surface area contributed by atoms with E-state index in [4.69, 9.17) is 4.74 Å². The SMILES string of the molecule is CCn1c(CCCc2ccc(OC)c(C)c2)nnc1SCC(=O)Nc1ccc(C)cc1F. The van der Waals surface area contributed by atoms with Crippen LogP contribution in [0.4, 0.5) is 10.1 Å². The number of hydrogen-bond donors (Lipinski definition) is 1. The molecule has 0 unspecified atom stereocenters. The summed E-state index contributed by atoms with van der Waals surface area (Å²) in [5.41, 5.74) is 3.39. The third-order valence-corrected chi connectivity index (χ3v) is 6.13. The lowest BCUT2D eigenvalue weighted by atomic mass is 10.0. The Labute approximate surface area is 192 Å². The topological polar surface area (TPSA) is 69.0 Å². The Morgan fingerprint density at radius 3 is 2.66 bits per heavy atom. The van der Waals surface area contributed by atoms with Crippen LogP contribution in [0.5, 0.6) is 5.75 Å². The van der Waals surface area contributed by atoms with Gasteiger partial charge in [-0.3, -0.25) is 4.79 Å². The van der Waals surface area contributed by atoms with Crippen LogP contribution in [0.15, 0.2) is 41.6 Å². The number of carbonyl (C=O) groups is 1. The normalized spacial score (nSPS) is 10.9. The van der Waals surface area contributed by atoms with Gasteiger partial charge in [0.15, 0.2) is 5.16 Å². The van der Waals surface area contributed by atoms with Gasteiger partial charge in [0.1, 0.15) is 17.4 Å². The molecule has 3 rings (SSSR count). The molecule has 0 bridgehead atoms. The van der Waals surface area contributed by atoms with Crippen LogP contribution >= 0.6 is 11.8 Å². The number of methoxy groups -OCH3 is 1. The van der Waals surface area contributed by atoms with E-state index in [0.29, 0.717) is 5.16 Å². The molecule has 0 aliphatic heterocycles. The lowest BCUT2D eigenvalue weighted by Gasteiger charge is -2.09. The summed E-state index contributed by atoms with van der Waals surface area (Å²) >= 11 is 1.31. The van der Waals surface area contributed by atoms with Gasteiger partial charge in [0.05, 0.1) is 18.6 Å². The average molecular weight is 457 g/mol. The second-order valence-electron chi connectivity index (χ2n) is 7.62. The Bertz CT molecular complexity index is 1080. The fourth-order valence-corrected chi connectivity index (χ4v) is 4.33. The van der Waals surface area contributed by atoms with E-state index >= 15 is 0 Å². The molecule has 8 heteroatoms. The summed E-state index contributed by atoms with van der Waals surface area (Å²) in [6.07, 6.45) is 2.68. The van der Waals surface area contributed by atoms with Crippen LogP contribution in [0.2, 0.25) is 0 Å². The molecule has 2 aromatic carbocycles. The Hall–Kier alpha value is -2.87. The van der Waals surface area contributed by atoms with Crippen LogP contribution < -0.4 is 10.1 Å². The van der Waals surface area contributed by atoms with Crippen molar-refractivity contribution < 1.29 is 13.9 Å². The van der Waals surface area contributed by atoms with Crippen LogP contribution in [0.1, 0.15) is 35.9 Å². The second kappa shape index (κ2) is 11.1. The molecule has 3 aromatic rings. The van der Waals surface area contributed by atoms with Crippen molar-refractivity contribution in [3.05, 3.63) is 64.7 Å². The van der Waals surface area contributed by atoms with Crippen molar-refractivity contribution in [3.8, 4) is 5.75 Å². The molecule has 170 valence electrons. The first-order chi connectivity index (χ1) is 15.4. The Kier molecular flexibility index (Phi) is 8.27. The van der Waals surface area contributed by atoms with Gasteiger partial charge in [0.2, 0.25) is 5.91 Å². The number of carbonyl (C=O) groups excluding carboxylic acids is 1. The minimum Gasteiger partial charge on any atom is -0.496 e. The Balaban J connectivity index is 1.53. The van der Waals surface area contributed by atoms with Crippen molar-refractivity contribution in [2.45, 2.75) is 51.7 Å². The molecule has 6 nitrogen and oxygen atoms in total. The summed E-state index contributed by atoms with van der Waals surface area (Å²) in [4.78, 5) is 12.3. The van der Waals surface area contributed by atoms with Gasteiger partial charge in [0.25, 0.3) is 0 Å². The maximum Gasteiger partial charge on any atom is 0.234 e. The van der Waals surface area contributed by atoms with Crippen molar-refractivity contribution in [2.24, 2.45) is 0 Å². The predicted octanol–water partition coefficient (Wildman–Crippen LogP) is 4.97. The standard InChI is InChI=1S/C24H29FN4O2S/c1-5-29-22(8-6-7-18-10-12-21(31-4)17(3)14-18)27-28-24(29)32-15-23(30)26-20-11-9-16(2)13-19(20)25/h9-14H,5-8,15H2,1-4H3,(H,26,30). The molecular formula is C24H29FN4O2S. The number of thioether (sulfide) groups is 1. The molecule has 0 atom stereocenters.